The number of nitrogens with zero attached hydrogens (tertiary/aromatic N) is 2. The van der Waals surface area contributed by atoms with Crippen molar-refractivity contribution in [2.24, 2.45) is 0 Å². The number of hydrogen-bond donors (Lipinski definition) is 1. The Balaban J connectivity index is 2.07. The van der Waals surface area contributed by atoms with Gasteiger partial charge in [0.25, 0.3) is 0 Å². The van der Waals surface area contributed by atoms with Crippen LogP contribution < -0.4 is 5.32 Å². The lowest BCUT2D eigenvalue weighted by Crippen LogP contribution is -2.22. The summed E-state index contributed by atoms with van der Waals surface area (Å²) in [5.41, 5.74) is 0. The summed E-state index contributed by atoms with van der Waals surface area (Å²) in [6, 6.07) is 1.89. The first-order chi connectivity index (χ1) is 5.79. The smallest absolute Gasteiger partial charge is 0.216 e. The molecule has 1 aromatic rings. The number of carbonyl (C=O) groups is 1. The van der Waals surface area contributed by atoms with Gasteiger partial charge < -0.3 is 5.32 Å². The molecule has 66 valence electrons. The first-order valence-corrected chi connectivity index (χ1v) is 4.01. The van der Waals surface area contributed by atoms with Crippen LogP contribution in [0.2, 0.25) is 0 Å². The lowest BCUT2D eigenvalue weighted by atomic mass is 10.4. The molecule has 0 atom stereocenters. The minimum Gasteiger partial charge on any atom is -0.356 e. The van der Waals surface area contributed by atoms with Crippen LogP contribution in [0.5, 0.6) is 0 Å². The Kier molecular flexibility index (Phi) is 3.32. The SMILES string of the molecule is CC(=O)NCCCn1cccn1. The molecule has 0 bridgehead atoms. The van der Waals surface area contributed by atoms with Crippen molar-refractivity contribution < 1.29 is 4.79 Å². The fraction of sp³-hybridized carbons (Fsp3) is 0.500. The Hall–Kier alpha value is -1.32. The monoisotopic (exact) mass is 167 g/mol. The molecule has 0 aliphatic heterocycles. The highest BCUT2D eigenvalue weighted by Gasteiger charge is 1.91. The molecule has 1 aromatic heterocycles. The van der Waals surface area contributed by atoms with E-state index in [1.807, 2.05) is 16.9 Å². The van der Waals surface area contributed by atoms with Crippen molar-refractivity contribution in [3.63, 3.8) is 0 Å². The third kappa shape index (κ3) is 3.18. The van der Waals surface area contributed by atoms with Gasteiger partial charge in [-0.3, -0.25) is 9.48 Å². The summed E-state index contributed by atoms with van der Waals surface area (Å²) < 4.78 is 1.85. The zero-order chi connectivity index (χ0) is 8.81. The lowest BCUT2D eigenvalue weighted by molar-refractivity contribution is -0.118. The largest absolute Gasteiger partial charge is 0.356 e. The number of hydrogen-bond acceptors (Lipinski definition) is 2. The van der Waals surface area contributed by atoms with Gasteiger partial charge >= 0.3 is 0 Å². The van der Waals surface area contributed by atoms with E-state index in [0.717, 1.165) is 19.5 Å². The molecule has 4 nitrogen and oxygen atoms in total. The van der Waals surface area contributed by atoms with Crippen LogP contribution in [0.1, 0.15) is 13.3 Å². The summed E-state index contributed by atoms with van der Waals surface area (Å²) >= 11 is 0. The number of aromatic nitrogens is 2. The van der Waals surface area contributed by atoms with Gasteiger partial charge in [-0.15, -0.1) is 0 Å². The molecule has 0 aliphatic carbocycles. The lowest BCUT2D eigenvalue weighted by Gasteiger charge is -2.01. The highest BCUT2D eigenvalue weighted by atomic mass is 16.1. The molecule has 1 rings (SSSR count). The Labute approximate surface area is 71.6 Å². The highest BCUT2D eigenvalue weighted by molar-refractivity contribution is 5.72. The van der Waals surface area contributed by atoms with Crippen LogP contribution in [0.4, 0.5) is 0 Å². The van der Waals surface area contributed by atoms with Gasteiger partial charge in [0.05, 0.1) is 0 Å². The third-order valence-electron chi connectivity index (χ3n) is 1.50. The zero-order valence-corrected chi connectivity index (χ0v) is 7.16. The zero-order valence-electron chi connectivity index (χ0n) is 7.16. The Morgan fingerprint density at radius 1 is 1.67 bits per heavy atom. The molecule has 0 spiro atoms. The number of carbonyl (C=O) groups excluding carboxylic acids is 1. The maximum Gasteiger partial charge on any atom is 0.216 e. The second-order valence-electron chi connectivity index (χ2n) is 2.61. The van der Waals surface area contributed by atoms with E-state index in [0.29, 0.717) is 0 Å². The van der Waals surface area contributed by atoms with E-state index in [1.54, 1.807) is 6.20 Å². The normalized spacial score (nSPS) is 9.75. The Bertz CT molecular complexity index is 230. The van der Waals surface area contributed by atoms with Crippen LogP contribution in [0.25, 0.3) is 0 Å². The fourth-order valence-electron chi connectivity index (χ4n) is 0.938. The molecule has 4 heteroatoms. The first-order valence-electron chi connectivity index (χ1n) is 4.01. The summed E-state index contributed by atoms with van der Waals surface area (Å²) in [5, 5.41) is 6.76. The van der Waals surface area contributed by atoms with E-state index >= 15 is 0 Å². The average Bonchev–Trinajstić information content (AvgIpc) is 2.49. The molecule has 0 radical (unpaired) electrons. The summed E-state index contributed by atoms with van der Waals surface area (Å²) in [6.45, 7) is 3.09. The summed E-state index contributed by atoms with van der Waals surface area (Å²) in [4.78, 5) is 10.5. The standard InChI is InChI=1S/C8H13N3O/c1-8(12)9-4-2-6-11-7-3-5-10-11/h3,5,7H,2,4,6H2,1H3,(H,9,12). The Morgan fingerprint density at radius 2 is 2.50 bits per heavy atom. The molecule has 0 aromatic carbocycles. The quantitative estimate of drug-likeness (QED) is 0.660. The molecule has 1 N–H and O–H groups in total. The van der Waals surface area contributed by atoms with Crippen LogP contribution in [0, 0.1) is 0 Å². The van der Waals surface area contributed by atoms with Gasteiger partial charge in [-0.25, -0.2) is 0 Å². The minimum absolute atomic E-state index is 0.0236. The summed E-state index contributed by atoms with van der Waals surface area (Å²) in [7, 11) is 0. The molecule has 0 unspecified atom stereocenters. The van der Waals surface area contributed by atoms with Gasteiger partial charge in [-0.1, -0.05) is 0 Å². The highest BCUT2D eigenvalue weighted by Crippen LogP contribution is 1.87. The number of aryl methyl sites for hydroxylation is 1. The number of nitrogens with one attached hydrogen (secondary N) is 1. The third-order valence-corrected chi connectivity index (χ3v) is 1.50. The van der Waals surface area contributed by atoms with E-state index in [-0.39, 0.29) is 5.91 Å². The second-order valence-corrected chi connectivity index (χ2v) is 2.61. The van der Waals surface area contributed by atoms with Crippen molar-refractivity contribution in [2.75, 3.05) is 6.54 Å². The molecular weight excluding hydrogens is 154 g/mol. The van der Waals surface area contributed by atoms with Crippen LogP contribution in [-0.2, 0) is 11.3 Å². The van der Waals surface area contributed by atoms with Crippen LogP contribution in [0.3, 0.4) is 0 Å². The van der Waals surface area contributed by atoms with E-state index in [1.165, 1.54) is 6.92 Å². The first kappa shape index (κ1) is 8.77. The van der Waals surface area contributed by atoms with E-state index in [9.17, 15) is 4.79 Å². The fourth-order valence-corrected chi connectivity index (χ4v) is 0.938. The number of amides is 1. The molecule has 1 amide bonds. The molecule has 0 saturated carbocycles. The predicted octanol–water partition coefficient (Wildman–Crippen LogP) is 0.409. The van der Waals surface area contributed by atoms with Gasteiger partial charge in [0.15, 0.2) is 0 Å². The Morgan fingerprint density at radius 3 is 3.08 bits per heavy atom. The van der Waals surface area contributed by atoms with Crippen LogP contribution in [-0.4, -0.2) is 22.2 Å². The van der Waals surface area contributed by atoms with Gasteiger partial charge in [0.2, 0.25) is 5.91 Å². The molecule has 0 fully saturated rings. The van der Waals surface area contributed by atoms with Gasteiger partial charge in [-0.05, 0) is 12.5 Å². The van der Waals surface area contributed by atoms with Crippen molar-refractivity contribution in [2.45, 2.75) is 19.9 Å². The van der Waals surface area contributed by atoms with Gasteiger partial charge in [0.1, 0.15) is 0 Å². The van der Waals surface area contributed by atoms with E-state index in [4.69, 9.17) is 0 Å². The van der Waals surface area contributed by atoms with Crippen molar-refractivity contribution in [1.82, 2.24) is 15.1 Å². The topological polar surface area (TPSA) is 46.9 Å². The van der Waals surface area contributed by atoms with Crippen LogP contribution >= 0.6 is 0 Å². The van der Waals surface area contributed by atoms with Crippen molar-refractivity contribution >= 4 is 5.91 Å². The van der Waals surface area contributed by atoms with Gasteiger partial charge in [0, 0.05) is 32.4 Å². The summed E-state index contributed by atoms with van der Waals surface area (Å²) in [5.74, 6) is 0.0236. The maximum atomic E-state index is 10.5. The number of rotatable bonds is 4. The summed E-state index contributed by atoms with van der Waals surface area (Å²) in [6.07, 6.45) is 4.58. The average molecular weight is 167 g/mol. The molecule has 12 heavy (non-hydrogen) atoms. The van der Waals surface area contributed by atoms with Crippen molar-refractivity contribution in [1.29, 1.82) is 0 Å². The molecule has 0 saturated heterocycles. The predicted molar refractivity (Wildman–Crippen MR) is 45.5 cm³/mol. The van der Waals surface area contributed by atoms with Crippen LogP contribution in [0.15, 0.2) is 18.5 Å². The van der Waals surface area contributed by atoms with E-state index < -0.39 is 0 Å². The second kappa shape index (κ2) is 4.54. The molecule has 0 aliphatic rings. The maximum absolute atomic E-state index is 10.5. The molecular formula is C8H13N3O. The minimum atomic E-state index is 0.0236. The van der Waals surface area contributed by atoms with E-state index in [2.05, 4.69) is 10.4 Å². The van der Waals surface area contributed by atoms with Crippen molar-refractivity contribution in [3.8, 4) is 0 Å². The van der Waals surface area contributed by atoms with Crippen molar-refractivity contribution in [3.05, 3.63) is 18.5 Å². The van der Waals surface area contributed by atoms with Gasteiger partial charge in [-0.2, -0.15) is 5.10 Å². The molecule has 1 heterocycles.